The molecule has 0 fully saturated rings. The number of nitrogens with zero attached hydrogens (tertiary/aromatic N) is 3. The molecule has 0 spiro atoms. The number of carbonyl (C=O) groups is 1. The molecule has 1 amide bonds. The van der Waals surface area contributed by atoms with Gasteiger partial charge in [-0.05, 0) is 37.7 Å². The van der Waals surface area contributed by atoms with Crippen LogP contribution in [-0.4, -0.2) is 50.1 Å². The molecular weight excluding hydrogens is 425 g/mol. The van der Waals surface area contributed by atoms with Crippen molar-refractivity contribution in [3.8, 4) is 5.75 Å². The highest BCUT2D eigenvalue weighted by Crippen LogP contribution is 2.38. The van der Waals surface area contributed by atoms with Crippen molar-refractivity contribution in [2.75, 3.05) is 39.2 Å². The van der Waals surface area contributed by atoms with Gasteiger partial charge in [-0.1, -0.05) is 29.0 Å². The Balaban J connectivity index is 0.00000261. The van der Waals surface area contributed by atoms with Gasteiger partial charge in [0, 0.05) is 18.0 Å². The van der Waals surface area contributed by atoms with Gasteiger partial charge in [-0.3, -0.25) is 9.69 Å². The maximum absolute atomic E-state index is 13.0. The first-order valence-electron chi connectivity index (χ1n) is 8.10. The number of thiophene rings is 1. The van der Waals surface area contributed by atoms with Gasteiger partial charge in [0.05, 0.1) is 23.3 Å². The van der Waals surface area contributed by atoms with E-state index in [4.69, 9.17) is 16.3 Å². The van der Waals surface area contributed by atoms with E-state index < -0.39 is 0 Å². The standard InChI is InChI=1S/C18H20ClN3O2S2.ClH/c1-21(2)8-9-22(15(23)11-12-5-4-10-25-12)18-20-16-14(24-3)7-6-13(19)17(16)26-18;/h4-7,10H,8-9,11H2,1-3H3;1H. The highest BCUT2D eigenvalue weighted by Gasteiger charge is 2.22. The summed E-state index contributed by atoms with van der Waals surface area (Å²) in [6, 6.07) is 7.53. The monoisotopic (exact) mass is 445 g/mol. The molecule has 5 nitrogen and oxygen atoms in total. The zero-order valence-corrected chi connectivity index (χ0v) is 18.5. The lowest BCUT2D eigenvalue weighted by atomic mass is 10.3. The number of ether oxygens (including phenoxy) is 1. The van der Waals surface area contributed by atoms with Crippen LogP contribution in [0.15, 0.2) is 29.6 Å². The van der Waals surface area contributed by atoms with E-state index in [9.17, 15) is 4.79 Å². The molecule has 3 aromatic rings. The average molecular weight is 446 g/mol. The van der Waals surface area contributed by atoms with Gasteiger partial charge < -0.3 is 9.64 Å². The molecule has 0 radical (unpaired) electrons. The Morgan fingerprint density at radius 3 is 2.67 bits per heavy atom. The van der Waals surface area contributed by atoms with Crippen molar-refractivity contribution in [2.24, 2.45) is 0 Å². The fraction of sp³-hybridized carbons (Fsp3) is 0.333. The van der Waals surface area contributed by atoms with Gasteiger partial charge >= 0.3 is 0 Å². The first kappa shape index (κ1) is 21.9. The molecule has 0 aliphatic carbocycles. The van der Waals surface area contributed by atoms with Crippen molar-refractivity contribution in [1.82, 2.24) is 9.88 Å². The summed E-state index contributed by atoms with van der Waals surface area (Å²) < 4.78 is 6.23. The Morgan fingerprint density at radius 2 is 2.04 bits per heavy atom. The third-order valence-corrected chi connectivity index (χ3v) is 6.29. The van der Waals surface area contributed by atoms with E-state index in [1.54, 1.807) is 35.5 Å². The molecule has 0 bridgehead atoms. The number of rotatable bonds is 7. The average Bonchev–Trinajstić information content (AvgIpc) is 3.25. The number of aromatic nitrogens is 1. The van der Waals surface area contributed by atoms with Crippen molar-refractivity contribution in [3.05, 3.63) is 39.5 Å². The van der Waals surface area contributed by atoms with Gasteiger partial charge in [-0.2, -0.15) is 0 Å². The van der Waals surface area contributed by atoms with Crippen LogP contribution in [0.3, 0.4) is 0 Å². The predicted octanol–water partition coefficient (Wildman–Crippen LogP) is 4.58. The molecule has 146 valence electrons. The zero-order valence-electron chi connectivity index (χ0n) is 15.3. The summed E-state index contributed by atoms with van der Waals surface area (Å²) in [6.07, 6.45) is 0.367. The minimum atomic E-state index is 0. The molecule has 27 heavy (non-hydrogen) atoms. The molecule has 2 aromatic heterocycles. The number of thiazole rings is 1. The number of methoxy groups -OCH3 is 1. The molecule has 0 aliphatic rings. The largest absolute Gasteiger partial charge is 0.494 e. The Kier molecular flexibility index (Phi) is 7.88. The second kappa shape index (κ2) is 9.71. The summed E-state index contributed by atoms with van der Waals surface area (Å²) in [4.78, 5) is 22.5. The second-order valence-electron chi connectivity index (χ2n) is 6.03. The third-order valence-electron chi connectivity index (χ3n) is 3.88. The fourth-order valence-electron chi connectivity index (χ4n) is 2.51. The number of halogens is 2. The van der Waals surface area contributed by atoms with Crippen LogP contribution in [0.2, 0.25) is 5.02 Å². The number of benzene rings is 1. The van der Waals surface area contributed by atoms with Crippen LogP contribution in [0.25, 0.3) is 10.2 Å². The van der Waals surface area contributed by atoms with Gasteiger partial charge in [0.2, 0.25) is 5.91 Å². The number of fused-ring (bicyclic) bond motifs is 1. The number of likely N-dealkylation sites (N-methyl/N-ethyl adjacent to an activating group) is 1. The topological polar surface area (TPSA) is 45.7 Å². The minimum Gasteiger partial charge on any atom is -0.494 e. The van der Waals surface area contributed by atoms with Gasteiger partial charge in [-0.15, -0.1) is 23.7 Å². The van der Waals surface area contributed by atoms with Gasteiger partial charge in [-0.25, -0.2) is 4.98 Å². The molecule has 0 saturated heterocycles. The lowest BCUT2D eigenvalue weighted by Crippen LogP contribution is -2.37. The molecule has 0 saturated carbocycles. The van der Waals surface area contributed by atoms with Crippen molar-refractivity contribution in [3.63, 3.8) is 0 Å². The third kappa shape index (κ3) is 5.12. The van der Waals surface area contributed by atoms with Gasteiger partial charge in [0.25, 0.3) is 0 Å². The molecule has 0 unspecified atom stereocenters. The second-order valence-corrected chi connectivity index (χ2v) is 8.45. The molecule has 0 aliphatic heterocycles. The highest BCUT2D eigenvalue weighted by atomic mass is 35.5. The Labute approximate surface area is 177 Å². The summed E-state index contributed by atoms with van der Waals surface area (Å²) in [5.41, 5.74) is 0.693. The van der Waals surface area contributed by atoms with E-state index in [0.717, 1.165) is 16.1 Å². The van der Waals surface area contributed by atoms with Crippen molar-refractivity contribution >= 4 is 67.9 Å². The predicted molar refractivity (Wildman–Crippen MR) is 117 cm³/mol. The number of amides is 1. The van der Waals surface area contributed by atoms with E-state index >= 15 is 0 Å². The van der Waals surface area contributed by atoms with Crippen LogP contribution >= 0.6 is 46.7 Å². The van der Waals surface area contributed by atoms with Crippen LogP contribution in [0.5, 0.6) is 5.75 Å². The van der Waals surface area contributed by atoms with Crippen molar-refractivity contribution in [1.29, 1.82) is 0 Å². The first-order valence-corrected chi connectivity index (χ1v) is 10.2. The Bertz CT molecular complexity index is 898. The number of hydrogen-bond acceptors (Lipinski definition) is 6. The minimum absolute atomic E-state index is 0. The molecule has 0 atom stereocenters. The Morgan fingerprint density at radius 1 is 1.26 bits per heavy atom. The Hall–Kier alpha value is -1.38. The fourth-order valence-corrected chi connectivity index (χ4v) is 4.50. The summed E-state index contributed by atoms with van der Waals surface area (Å²) in [5, 5.41) is 3.24. The quantitative estimate of drug-likeness (QED) is 0.533. The maximum Gasteiger partial charge on any atom is 0.234 e. The number of anilines is 1. The lowest BCUT2D eigenvalue weighted by molar-refractivity contribution is -0.118. The molecule has 2 heterocycles. The maximum atomic E-state index is 13.0. The van der Waals surface area contributed by atoms with E-state index in [-0.39, 0.29) is 18.3 Å². The van der Waals surface area contributed by atoms with Gasteiger partial charge in [0.15, 0.2) is 5.13 Å². The highest BCUT2D eigenvalue weighted by molar-refractivity contribution is 7.23. The van der Waals surface area contributed by atoms with Crippen molar-refractivity contribution in [2.45, 2.75) is 6.42 Å². The molecule has 0 N–H and O–H groups in total. The normalized spacial score (nSPS) is 10.9. The van der Waals surface area contributed by atoms with E-state index in [0.29, 0.717) is 34.4 Å². The van der Waals surface area contributed by atoms with E-state index in [2.05, 4.69) is 4.98 Å². The van der Waals surface area contributed by atoms with Crippen molar-refractivity contribution < 1.29 is 9.53 Å². The zero-order chi connectivity index (χ0) is 18.7. The summed E-state index contributed by atoms with van der Waals surface area (Å²) >= 11 is 9.34. The SMILES string of the molecule is COc1ccc(Cl)c2sc(N(CCN(C)C)C(=O)Cc3cccs3)nc12.Cl. The number of hydrogen-bond donors (Lipinski definition) is 0. The molecule has 3 rings (SSSR count). The summed E-state index contributed by atoms with van der Waals surface area (Å²) in [7, 11) is 5.58. The van der Waals surface area contributed by atoms with Crippen LogP contribution < -0.4 is 9.64 Å². The van der Waals surface area contributed by atoms with Crippen LogP contribution in [0.1, 0.15) is 4.88 Å². The van der Waals surface area contributed by atoms with Crippen LogP contribution in [-0.2, 0) is 11.2 Å². The summed E-state index contributed by atoms with van der Waals surface area (Å²) in [6.45, 7) is 1.31. The smallest absolute Gasteiger partial charge is 0.234 e. The number of carbonyl (C=O) groups excluding carboxylic acids is 1. The van der Waals surface area contributed by atoms with Gasteiger partial charge in [0.1, 0.15) is 11.3 Å². The van der Waals surface area contributed by atoms with E-state index in [1.165, 1.54) is 11.3 Å². The molecular formula is C18H21Cl2N3O2S2. The summed E-state index contributed by atoms with van der Waals surface area (Å²) in [5.74, 6) is 0.689. The first-order chi connectivity index (χ1) is 12.5. The van der Waals surface area contributed by atoms with E-state index in [1.807, 2.05) is 36.5 Å². The van der Waals surface area contributed by atoms with Crippen LogP contribution in [0, 0.1) is 0 Å². The molecule has 1 aromatic carbocycles. The van der Waals surface area contributed by atoms with Crippen LogP contribution in [0.4, 0.5) is 5.13 Å². The lowest BCUT2D eigenvalue weighted by Gasteiger charge is -2.21. The molecule has 9 heteroatoms.